The van der Waals surface area contributed by atoms with Gasteiger partial charge in [0, 0.05) is 6.42 Å². The van der Waals surface area contributed by atoms with Gasteiger partial charge in [0.05, 0.1) is 34.4 Å². The Balaban J connectivity index is 4.05. The van der Waals surface area contributed by atoms with Gasteiger partial charge in [-0.25, -0.2) is 4.57 Å². The van der Waals surface area contributed by atoms with Crippen LogP contribution < -0.4 is 0 Å². The molecule has 8 nitrogen and oxygen atoms in total. The van der Waals surface area contributed by atoms with Crippen LogP contribution in [-0.2, 0) is 23.1 Å². The molecule has 0 aliphatic heterocycles. The van der Waals surface area contributed by atoms with E-state index in [0.29, 0.717) is 11.0 Å². The van der Waals surface area contributed by atoms with Crippen LogP contribution in [0, 0.1) is 0 Å². The zero-order valence-electron chi connectivity index (χ0n) is 16.0. The third-order valence-electron chi connectivity index (χ3n) is 3.43. The molecule has 150 valence electrons. The number of hydrogen-bond donors (Lipinski definition) is 2. The normalized spacial score (nSPS) is 15.6. The number of phosphoric ester groups is 1. The molecule has 0 saturated heterocycles. The van der Waals surface area contributed by atoms with E-state index in [0.717, 1.165) is 32.1 Å². The second-order valence-corrected chi connectivity index (χ2v) is 8.52. The molecule has 0 aromatic heterocycles. The number of nitrogens with zero attached hydrogens (tertiary/aromatic N) is 1. The number of likely N-dealkylation sites (N-methyl/N-ethyl adjacent to an activating group) is 1. The summed E-state index contributed by atoms with van der Waals surface area (Å²) in [6.07, 6.45) is 4.31. The van der Waals surface area contributed by atoms with Gasteiger partial charge in [-0.05, 0) is 6.42 Å². The van der Waals surface area contributed by atoms with Crippen molar-refractivity contribution in [3.05, 3.63) is 0 Å². The Labute approximate surface area is 151 Å². The molecule has 0 amide bonds. The minimum atomic E-state index is -4.24. The number of phosphoric acid groups is 1. The van der Waals surface area contributed by atoms with Crippen LogP contribution in [-0.4, -0.2) is 74.1 Å². The predicted octanol–water partition coefficient (Wildman–Crippen LogP) is 2.09. The Morgan fingerprint density at radius 1 is 1.12 bits per heavy atom. The first-order chi connectivity index (χ1) is 11.6. The fraction of sp³-hybridized carbons (Fsp3) is 0.938. The molecule has 0 heterocycles. The molecule has 25 heavy (non-hydrogen) atoms. The predicted molar refractivity (Wildman–Crippen MR) is 95.0 cm³/mol. The zero-order valence-corrected chi connectivity index (χ0v) is 16.9. The van der Waals surface area contributed by atoms with E-state index in [9.17, 15) is 19.4 Å². The Bertz CT molecular complexity index is 412. The molecule has 0 aliphatic carbocycles. The van der Waals surface area contributed by atoms with Gasteiger partial charge in [0.1, 0.15) is 19.3 Å². The molecule has 0 bridgehead atoms. The van der Waals surface area contributed by atoms with Gasteiger partial charge in [0.25, 0.3) is 0 Å². The van der Waals surface area contributed by atoms with E-state index in [2.05, 4.69) is 6.92 Å². The minimum absolute atomic E-state index is 0.0542. The summed E-state index contributed by atoms with van der Waals surface area (Å²) in [5, 5.41) is 9.22. The fourth-order valence-electron chi connectivity index (χ4n) is 1.89. The Hall–Kier alpha value is -0.500. The lowest BCUT2D eigenvalue weighted by molar-refractivity contribution is -0.870. The second-order valence-electron chi connectivity index (χ2n) is 7.07. The van der Waals surface area contributed by atoms with Crippen LogP contribution >= 0.6 is 7.82 Å². The first-order valence-electron chi connectivity index (χ1n) is 8.82. The summed E-state index contributed by atoms with van der Waals surface area (Å²) in [6.45, 7) is 1.82. The molecule has 0 aromatic rings. The van der Waals surface area contributed by atoms with Crippen LogP contribution in [0.25, 0.3) is 0 Å². The highest BCUT2D eigenvalue weighted by atomic mass is 31.2. The average molecular weight is 384 g/mol. The van der Waals surface area contributed by atoms with Gasteiger partial charge in [-0.3, -0.25) is 13.8 Å². The van der Waals surface area contributed by atoms with Crippen molar-refractivity contribution < 1.29 is 37.6 Å². The number of rotatable bonds is 15. The highest BCUT2D eigenvalue weighted by Crippen LogP contribution is 2.43. The van der Waals surface area contributed by atoms with Crippen molar-refractivity contribution in [1.29, 1.82) is 0 Å². The number of carbonyl (C=O) groups excluding carboxylic acids is 1. The summed E-state index contributed by atoms with van der Waals surface area (Å²) in [4.78, 5) is 21.3. The number of aliphatic hydroxyl groups is 1. The second kappa shape index (κ2) is 12.8. The van der Waals surface area contributed by atoms with E-state index in [4.69, 9.17) is 13.8 Å². The third kappa shape index (κ3) is 15.5. The van der Waals surface area contributed by atoms with E-state index in [1.807, 2.05) is 21.1 Å². The summed E-state index contributed by atoms with van der Waals surface area (Å²) in [6, 6.07) is 0. The number of hydrogen-bond acceptors (Lipinski definition) is 6. The fourth-order valence-corrected chi connectivity index (χ4v) is 2.63. The number of unbranched alkanes of at least 4 members (excludes halogenated alkanes) is 4. The maximum atomic E-state index is 11.8. The van der Waals surface area contributed by atoms with Gasteiger partial charge in [0.15, 0.2) is 0 Å². The topological polar surface area (TPSA) is 102 Å². The van der Waals surface area contributed by atoms with Gasteiger partial charge in [0.2, 0.25) is 0 Å². The molecule has 2 N–H and O–H groups in total. The summed E-state index contributed by atoms with van der Waals surface area (Å²) >= 11 is 0. The molecule has 0 radical (unpaired) electrons. The van der Waals surface area contributed by atoms with Crippen molar-refractivity contribution in [3.8, 4) is 0 Å². The standard InChI is InChI=1S/C16H34NO7P/c1-5-6-7-8-9-10-16(19)24-15(13-18)14-23-25(20,21)22-12-11-17(2,3)4/h15,18H,5-14H2,1-4H3/p+1. The Morgan fingerprint density at radius 2 is 1.76 bits per heavy atom. The summed E-state index contributed by atoms with van der Waals surface area (Å²) in [5.41, 5.74) is 0. The van der Waals surface area contributed by atoms with Gasteiger partial charge >= 0.3 is 13.8 Å². The number of ether oxygens (including phenoxy) is 1. The highest BCUT2D eigenvalue weighted by molar-refractivity contribution is 7.47. The van der Waals surface area contributed by atoms with E-state index >= 15 is 0 Å². The largest absolute Gasteiger partial charge is 0.472 e. The summed E-state index contributed by atoms with van der Waals surface area (Å²) in [7, 11) is 1.54. The molecule has 0 rings (SSSR count). The zero-order chi connectivity index (χ0) is 19.3. The molecule has 0 spiro atoms. The van der Waals surface area contributed by atoms with Crippen molar-refractivity contribution in [1.82, 2.24) is 0 Å². The average Bonchev–Trinajstić information content (AvgIpc) is 2.49. The maximum absolute atomic E-state index is 11.8. The van der Waals surface area contributed by atoms with Crippen LogP contribution in [0.4, 0.5) is 0 Å². The van der Waals surface area contributed by atoms with E-state index in [-0.39, 0.29) is 13.0 Å². The number of quaternary nitrogens is 1. The highest BCUT2D eigenvalue weighted by Gasteiger charge is 2.25. The van der Waals surface area contributed by atoms with Crippen LogP contribution in [0.15, 0.2) is 0 Å². The van der Waals surface area contributed by atoms with E-state index < -0.39 is 33.1 Å². The molecule has 9 heteroatoms. The smallest absolute Gasteiger partial charge is 0.457 e. The van der Waals surface area contributed by atoms with Crippen molar-refractivity contribution >= 4 is 13.8 Å². The van der Waals surface area contributed by atoms with Crippen molar-refractivity contribution in [2.24, 2.45) is 0 Å². The van der Waals surface area contributed by atoms with E-state index in [1.54, 1.807) is 0 Å². The lowest BCUT2D eigenvalue weighted by Gasteiger charge is -2.24. The molecule has 2 unspecified atom stereocenters. The first-order valence-corrected chi connectivity index (χ1v) is 10.3. The quantitative estimate of drug-likeness (QED) is 0.193. The minimum Gasteiger partial charge on any atom is -0.457 e. The van der Waals surface area contributed by atoms with Gasteiger partial charge in [-0.15, -0.1) is 0 Å². The van der Waals surface area contributed by atoms with Crippen molar-refractivity contribution in [2.45, 2.75) is 51.6 Å². The molecule has 0 aliphatic rings. The maximum Gasteiger partial charge on any atom is 0.472 e. The molecular weight excluding hydrogens is 349 g/mol. The molecule has 0 fully saturated rings. The SMILES string of the molecule is CCCCCCCC(=O)OC(CO)COP(=O)(O)OCC[N+](C)(C)C. The third-order valence-corrected chi connectivity index (χ3v) is 4.41. The first kappa shape index (κ1) is 24.5. The Kier molecular flexibility index (Phi) is 12.5. The lowest BCUT2D eigenvalue weighted by Crippen LogP contribution is -2.37. The Morgan fingerprint density at radius 3 is 2.32 bits per heavy atom. The van der Waals surface area contributed by atoms with E-state index in [1.165, 1.54) is 0 Å². The van der Waals surface area contributed by atoms with Crippen LogP contribution in [0.2, 0.25) is 0 Å². The molecule has 0 aromatic carbocycles. The van der Waals surface area contributed by atoms with Crippen molar-refractivity contribution in [3.63, 3.8) is 0 Å². The van der Waals surface area contributed by atoms with Crippen LogP contribution in [0.5, 0.6) is 0 Å². The molecular formula is C16H35NO7P+. The van der Waals surface area contributed by atoms with Crippen LogP contribution in [0.3, 0.4) is 0 Å². The number of aliphatic hydroxyl groups excluding tert-OH is 1. The lowest BCUT2D eigenvalue weighted by atomic mass is 10.1. The number of esters is 1. The van der Waals surface area contributed by atoms with Gasteiger partial charge in [-0.2, -0.15) is 0 Å². The number of carbonyl (C=O) groups is 1. The summed E-state index contributed by atoms with van der Waals surface area (Å²) < 4.78 is 27.1. The van der Waals surface area contributed by atoms with Gasteiger partial charge < -0.3 is 19.2 Å². The summed E-state index contributed by atoms with van der Waals surface area (Å²) in [5.74, 6) is -0.446. The molecule has 2 atom stereocenters. The van der Waals surface area contributed by atoms with Crippen molar-refractivity contribution in [2.75, 3.05) is 47.5 Å². The monoisotopic (exact) mass is 384 g/mol. The van der Waals surface area contributed by atoms with Gasteiger partial charge in [-0.1, -0.05) is 32.6 Å². The molecule has 0 saturated carbocycles. The van der Waals surface area contributed by atoms with Crippen LogP contribution in [0.1, 0.15) is 45.4 Å².